The molecule has 0 spiro atoms. The van der Waals surface area contributed by atoms with Crippen molar-refractivity contribution in [3.8, 4) is 5.75 Å². The van der Waals surface area contributed by atoms with Gasteiger partial charge in [-0.2, -0.15) is 0 Å². The number of nitrogens with two attached hydrogens (primary N) is 1. The van der Waals surface area contributed by atoms with Gasteiger partial charge >= 0.3 is 0 Å². The Bertz CT molecular complexity index is 422. The molecule has 0 bridgehead atoms. The SMILES string of the molecule is CCCOc1cccc(NCC2CCN(CC)C2)c1N. The summed E-state index contributed by atoms with van der Waals surface area (Å²) in [6, 6.07) is 5.96. The van der Waals surface area contributed by atoms with Gasteiger partial charge in [-0.3, -0.25) is 0 Å². The van der Waals surface area contributed by atoms with E-state index in [1.165, 1.54) is 19.5 Å². The summed E-state index contributed by atoms with van der Waals surface area (Å²) in [6.45, 7) is 9.58. The smallest absolute Gasteiger partial charge is 0.144 e. The van der Waals surface area contributed by atoms with Gasteiger partial charge < -0.3 is 20.7 Å². The Morgan fingerprint density at radius 3 is 2.95 bits per heavy atom. The zero-order chi connectivity index (χ0) is 14.4. The lowest BCUT2D eigenvalue weighted by molar-refractivity contribution is 0.319. The van der Waals surface area contributed by atoms with Crippen molar-refractivity contribution in [3.63, 3.8) is 0 Å². The number of anilines is 2. The molecule has 2 rings (SSSR count). The second-order valence-corrected chi connectivity index (χ2v) is 5.49. The van der Waals surface area contributed by atoms with Gasteiger partial charge in [0, 0.05) is 13.1 Å². The minimum Gasteiger partial charge on any atom is -0.491 e. The number of hydrogen-bond donors (Lipinski definition) is 2. The highest BCUT2D eigenvalue weighted by Crippen LogP contribution is 2.30. The molecule has 1 aliphatic rings. The van der Waals surface area contributed by atoms with Crippen LogP contribution in [-0.4, -0.2) is 37.7 Å². The van der Waals surface area contributed by atoms with E-state index in [-0.39, 0.29) is 0 Å². The fourth-order valence-electron chi connectivity index (χ4n) is 2.66. The standard InChI is InChI=1S/C16H27N3O/c1-3-10-20-15-7-5-6-14(16(15)17)18-11-13-8-9-19(4-2)12-13/h5-7,13,18H,3-4,8-12,17H2,1-2H3. The summed E-state index contributed by atoms with van der Waals surface area (Å²) in [7, 11) is 0. The molecule has 1 fully saturated rings. The maximum absolute atomic E-state index is 6.16. The molecule has 1 aliphatic heterocycles. The largest absolute Gasteiger partial charge is 0.491 e. The molecule has 1 heterocycles. The third-order valence-electron chi connectivity index (χ3n) is 3.93. The molecule has 0 aromatic heterocycles. The van der Waals surface area contributed by atoms with Crippen LogP contribution in [0.2, 0.25) is 0 Å². The summed E-state index contributed by atoms with van der Waals surface area (Å²) < 4.78 is 5.66. The number of benzene rings is 1. The molecule has 1 saturated heterocycles. The van der Waals surface area contributed by atoms with Crippen LogP contribution in [0.25, 0.3) is 0 Å². The van der Waals surface area contributed by atoms with Crippen molar-refractivity contribution < 1.29 is 4.74 Å². The van der Waals surface area contributed by atoms with Crippen molar-refractivity contribution in [2.45, 2.75) is 26.7 Å². The van der Waals surface area contributed by atoms with E-state index in [0.29, 0.717) is 6.61 Å². The topological polar surface area (TPSA) is 50.5 Å². The summed E-state index contributed by atoms with van der Waals surface area (Å²) in [5, 5.41) is 3.48. The van der Waals surface area contributed by atoms with Crippen LogP contribution in [0.1, 0.15) is 26.7 Å². The lowest BCUT2D eigenvalue weighted by Crippen LogP contribution is -2.22. The van der Waals surface area contributed by atoms with Crippen molar-refractivity contribution in [1.82, 2.24) is 4.90 Å². The average molecular weight is 277 g/mol. The molecule has 0 aliphatic carbocycles. The fourth-order valence-corrected chi connectivity index (χ4v) is 2.66. The monoisotopic (exact) mass is 277 g/mol. The van der Waals surface area contributed by atoms with Gasteiger partial charge in [-0.25, -0.2) is 0 Å². The highest BCUT2D eigenvalue weighted by atomic mass is 16.5. The van der Waals surface area contributed by atoms with E-state index >= 15 is 0 Å². The first kappa shape index (κ1) is 15.0. The summed E-state index contributed by atoms with van der Waals surface area (Å²) in [5.74, 6) is 1.51. The van der Waals surface area contributed by atoms with E-state index in [1.54, 1.807) is 0 Å². The molecule has 0 radical (unpaired) electrons. The molecule has 1 atom stereocenters. The van der Waals surface area contributed by atoms with Crippen LogP contribution < -0.4 is 15.8 Å². The number of para-hydroxylation sites is 1. The second-order valence-electron chi connectivity index (χ2n) is 5.49. The lowest BCUT2D eigenvalue weighted by Gasteiger charge is -2.17. The minimum atomic E-state index is 0.710. The van der Waals surface area contributed by atoms with Crippen LogP contribution in [0.5, 0.6) is 5.75 Å². The average Bonchev–Trinajstić information content (AvgIpc) is 2.93. The lowest BCUT2D eigenvalue weighted by atomic mass is 10.1. The van der Waals surface area contributed by atoms with E-state index in [0.717, 1.165) is 42.6 Å². The molecule has 1 aromatic carbocycles. The molecule has 0 saturated carbocycles. The van der Waals surface area contributed by atoms with Gasteiger partial charge in [0.25, 0.3) is 0 Å². The van der Waals surface area contributed by atoms with Crippen LogP contribution in [-0.2, 0) is 0 Å². The molecular formula is C16H27N3O. The zero-order valence-corrected chi connectivity index (χ0v) is 12.7. The number of hydrogen-bond acceptors (Lipinski definition) is 4. The Kier molecular flexibility index (Phi) is 5.53. The summed E-state index contributed by atoms with van der Waals surface area (Å²) in [6.07, 6.45) is 2.26. The van der Waals surface area contributed by atoms with Crippen molar-refractivity contribution in [3.05, 3.63) is 18.2 Å². The quantitative estimate of drug-likeness (QED) is 0.753. The van der Waals surface area contributed by atoms with Crippen LogP contribution in [0, 0.1) is 5.92 Å². The predicted molar refractivity (Wildman–Crippen MR) is 85.4 cm³/mol. The Balaban J connectivity index is 1.89. The van der Waals surface area contributed by atoms with Gasteiger partial charge in [0.2, 0.25) is 0 Å². The van der Waals surface area contributed by atoms with E-state index < -0.39 is 0 Å². The van der Waals surface area contributed by atoms with Gasteiger partial charge in [-0.15, -0.1) is 0 Å². The number of ether oxygens (including phenoxy) is 1. The Morgan fingerprint density at radius 2 is 2.25 bits per heavy atom. The van der Waals surface area contributed by atoms with Gasteiger partial charge in [-0.05, 0) is 44.0 Å². The molecule has 4 heteroatoms. The van der Waals surface area contributed by atoms with Gasteiger partial charge in [0.05, 0.1) is 18.0 Å². The molecule has 20 heavy (non-hydrogen) atoms. The van der Waals surface area contributed by atoms with Crippen molar-refractivity contribution in [2.24, 2.45) is 5.92 Å². The normalized spacial score (nSPS) is 19.2. The summed E-state index contributed by atoms with van der Waals surface area (Å²) in [5.41, 5.74) is 7.89. The fraction of sp³-hybridized carbons (Fsp3) is 0.625. The van der Waals surface area contributed by atoms with Crippen LogP contribution in [0.3, 0.4) is 0 Å². The molecule has 0 amide bonds. The minimum absolute atomic E-state index is 0.710. The first-order valence-electron chi connectivity index (χ1n) is 7.72. The van der Waals surface area contributed by atoms with E-state index in [9.17, 15) is 0 Å². The number of rotatable bonds is 7. The Morgan fingerprint density at radius 1 is 1.40 bits per heavy atom. The van der Waals surface area contributed by atoms with Crippen LogP contribution >= 0.6 is 0 Å². The highest BCUT2D eigenvalue weighted by molar-refractivity contribution is 5.72. The first-order valence-corrected chi connectivity index (χ1v) is 7.72. The molecular weight excluding hydrogens is 250 g/mol. The van der Waals surface area contributed by atoms with Gasteiger partial charge in [-0.1, -0.05) is 19.9 Å². The summed E-state index contributed by atoms with van der Waals surface area (Å²) in [4.78, 5) is 2.50. The van der Waals surface area contributed by atoms with Crippen molar-refractivity contribution in [1.29, 1.82) is 0 Å². The van der Waals surface area contributed by atoms with Crippen LogP contribution in [0.4, 0.5) is 11.4 Å². The maximum Gasteiger partial charge on any atom is 0.144 e. The molecule has 3 N–H and O–H groups in total. The number of nitrogen functional groups attached to an aromatic ring is 1. The molecule has 112 valence electrons. The van der Waals surface area contributed by atoms with Gasteiger partial charge in [0.15, 0.2) is 0 Å². The third kappa shape index (κ3) is 3.79. The van der Waals surface area contributed by atoms with Crippen LogP contribution in [0.15, 0.2) is 18.2 Å². The number of nitrogens with zero attached hydrogens (tertiary/aromatic N) is 1. The Labute approximate surface area is 122 Å². The number of nitrogens with one attached hydrogen (secondary N) is 1. The molecule has 4 nitrogen and oxygen atoms in total. The third-order valence-corrected chi connectivity index (χ3v) is 3.93. The first-order chi connectivity index (χ1) is 9.74. The van der Waals surface area contributed by atoms with E-state index in [4.69, 9.17) is 10.5 Å². The van der Waals surface area contributed by atoms with E-state index in [2.05, 4.69) is 24.1 Å². The van der Waals surface area contributed by atoms with Gasteiger partial charge in [0.1, 0.15) is 5.75 Å². The predicted octanol–water partition coefficient (Wildman–Crippen LogP) is 2.81. The van der Waals surface area contributed by atoms with Crippen molar-refractivity contribution >= 4 is 11.4 Å². The highest BCUT2D eigenvalue weighted by Gasteiger charge is 2.21. The maximum atomic E-state index is 6.16. The Hall–Kier alpha value is -1.42. The zero-order valence-electron chi connectivity index (χ0n) is 12.7. The van der Waals surface area contributed by atoms with Crippen molar-refractivity contribution in [2.75, 3.05) is 43.8 Å². The molecule has 1 aromatic rings. The second kappa shape index (κ2) is 7.39. The number of likely N-dealkylation sites (tertiary alicyclic amines) is 1. The van der Waals surface area contributed by atoms with E-state index in [1.807, 2.05) is 18.2 Å². The summed E-state index contributed by atoms with van der Waals surface area (Å²) >= 11 is 0. The molecule has 1 unspecified atom stereocenters.